The number of fused-ring (bicyclic) bond motifs is 1. The molecule has 0 bridgehead atoms. The standard InChI is InChI=1S/C14H12N2/c1-16-8-6-12-9-11(4-5-14(12)16)13-3-2-7-15-10-13/h2-10H,1H3. The fourth-order valence-corrected chi connectivity index (χ4v) is 1.99. The molecule has 3 aromatic rings. The molecule has 2 aromatic heterocycles. The summed E-state index contributed by atoms with van der Waals surface area (Å²) >= 11 is 0. The zero-order chi connectivity index (χ0) is 11.0. The molecular weight excluding hydrogens is 196 g/mol. The van der Waals surface area contributed by atoms with Crippen molar-refractivity contribution >= 4 is 10.9 Å². The number of pyridine rings is 1. The molecular formula is C14H12N2. The number of hydrogen-bond donors (Lipinski definition) is 0. The first-order valence-corrected chi connectivity index (χ1v) is 5.30. The van der Waals surface area contributed by atoms with E-state index in [-0.39, 0.29) is 0 Å². The first-order valence-electron chi connectivity index (χ1n) is 5.30. The maximum absolute atomic E-state index is 4.14. The third kappa shape index (κ3) is 1.39. The van der Waals surface area contributed by atoms with Crippen LogP contribution in [0.15, 0.2) is 55.0 Å². The van der Waals surface area contributed by atoms with Crippen molar-refractivity contribution in [2.24, 2.45) is 7.05 Å². The fraction of sp³-hybridized carbons (Fsp3) is 0.0714. The summed E-state index contributed by atoms with van der Waals surface area (Å²) in [6, 6.07) is 12.7. The van der Waals surface area contributed by atoms with Crippen LogP contribution >= 0.6 is 0 Å². The van der Waals surface area contributed by atoms with Crippen LogP contribution in [0.25, 0.3) is 22.0 Å². The number of hydrogen-bond acceptors (Lipinski definition) is 1. The molecule has 0 N–H and O–H groups in total. The number of aryl methyl sites for hydroxylation is 1. The second kappa shape index (κ2) is 3.49. The Morgan fingerprint density at radius 3 is 2.81 bits per heavy atom. The smallest absolute Gasteiger partial charge is 0.0478 e. The van der Waals surface area contributed by atoms with E-state index in [1.54, 1.807) is 6.20 Å². The monoisotopic (exact) mass is 208 g/mol. The van der Waals surface area contributed by atoms with Gasteiger partial charge < -0.3 is 4.57 Å². The Morgan fingerprint density at radius 2 is 2.00 bits per heavy atom. The first kappa shape index (κ1) is 9.16. The van der Waals surface area contributed by atoms with Gasteiger partial charge >= 0.3 is 0 Å². The largest absolute Gasteiger partial charge is 0.351 e. The van der Waals surface area contributed by atoms with Gasteiger partial charge in [-0.2, -0.15) is 0 Å². The maximum Gasteiger partial charge on any atom is 0.0478 e. The summed E-state index contributed by atoms with van der Waals surface area (Å²) in [6.07, 6.45) is 5.77. The van der Waals surface area contributed by atoms with Gasteiger partial charge in [0.25, 0.3) is 0 Å². The molecule has 0 aliphatic carbocycles. The highest BCUT2D eigenvalue weighted by atomic mass is 14.9. The zero-order valence-electron chi connectivity index (χ0n) is 9.09. The summed E-state index contributed by atoms with van der Waals surface area (Å²) in [5.41, 5.74) is 3.63. The second-order valence-electron chi connectivity index (χ2n) is 3.94. The third-order valence-corrected chi connectivity index (χ3v) is 2.88. The van der Waals surface area contributed by atoms with E-state index in [1.807, 2.05) is 12.3 Å². The van der Waals surface area contributed by atoms with E-state index in [0.29, 0.717) is 0 Å². The molecule has 0 saturated carbocycles. The van der Waals surface area contributed by atoms with E-state index in [0.717, 1.165) is 5.56 Å². The van der Waals surface area contributed by atoms with Gasteiger partial charge in [0.15, 0.2) is 0 Å². The van der Waals surface area contributed by atoms with Crippen molar-refractivity contribution in [2.75, 3.05) is 0 Å². The minimum Gasteiger partial charge on any atom is -0.351 e. The fourth-order valence-electron chi connectivity index (χ4n) is 1.99. The van der Waals surface area contributed by atoms with Gasteiger partial charge in [0.05, 0.1) is 0 Å². The lowest BCUT2D eigenvalue weighted by Crippen LogP contribution is -1.84. The summed E-state index contributed by atoms with van der Waals surface area (Å²) in [5, 5.41) is 1.27. The summed E-state index contributed by atoms with van der Waals surface area (Å²) < 4.78 is 2.13. The van der Waals surface area contributed by atoms with Crippen molar-refractivity contribution in [3.05, 3.63) is 55.0 Å². The molecule has 0 atom stereocenters. The van der Waals surface area contributed by atoms with Gasteiger partial charge in [0.2, 0.25) is 0 Å². The molecule has 1 aromatic carbocycles. The van der Waals surface area contributed by atoms with Crippen LogP contribution in [0.4, 0.5) is 0 Å². The van der Waals surface area contributed by atoms with Gasteiger partial charge in [-0.25, -0.2) is 0 Å². The minimum atomic E-state index is 1.16. The Kier molecular flexibility index (Phi) is 2.00. The number of nitrogens with zero attached hydrogens (tertiary/aromatic N) is 2. The highest BCUT2D eigenvalue weighted by Gasteiger charge is 2.01. The molecule has 0 unspecified atom stereocenters. The Bertz CT molecular complexity index is 624. The Morgan fingerprint density at radius 1 is 1.06 bits per heavy atom. The SMILES string of the molecule is Cn1ccc2cc(-c3cccnc3)ccc21. The average molecular weight is 208 g/mol. The summed E-state index contributed by atoms with van der Waals surface area (Å²) in [6.45, 7) is 0. The van der Waals surface area contributed by atoms with E-state index in [9.17, 15) is 0 Å². The van der Waals surface area contributed by atoms with Gasteiger partial charge in [-0.3, -0.25) is 4.98 Å². The van der Waals surface area contributed by atoms with Crippen LogP contribution in [0.5, 0.6) is 0 Å². The molecule has 0 aliphatic heterocycles. The quantitative estimate of drug-likeness (QED) is 0.600. The van der Waals surface area contributed by atoms with Crippen LogP contribution < -0.4 is 0 Å². The van der Waals surface area contributed by atoms with Crippen molar-refractivity contribution in [1.29, 1.82) is 0 Å². The van der Waals surface area contributed by atoms with Crippen LogP contribution in [0.2, 0.25) is 0 Å². The lowest BCUT2D eigenvalue weighted by Gasteiger charge is -2.02. The predicted octanol–water partition coefficient (Wildman–Crippen LogP) is 3.24. The summed E-state index contributed by atoms with van der Waals surface area (Å²) in [4.78, 5) is 4.14. The average Bonchev–Trinajstić information content (AvgIpc) is 2.72. The predicted molar refractivity (Wildman–Crippen MR) is 66.2 cm³/mol. The van der Waals surface area contributed by atoms with E-state index < -0.39 is 0 Å². The Balaban J connectivity index is 2.19. The molecule has 2 heterocycles. The maximum atomic E-state index is 4.14. The van der Waals surface area contributed by atoms with Crippen molar-refractivity contribution in [2.45, 2.75) is 0 Å². The van der Waals surface area contributed by atoms with Crippen LogP contribution in [-0.2, 0) is 7.05 Å². The van der Waals surface area contributed by atoms with E-state index in [2.05, 4.69) is 53.1 Å². The van der Waals surface area contributed by atoms with Gasteiger partial charge in [-0.15, -0.1) is 0 Å². The number of aromatic nitrogens is 2. The molecule has 0 amide bonds. The van der Waals surface area contributed by atoms with Crippen molar-refractivity contribution in [3.8, 4) is 11.1 Å². The van der Waals surface area contributed by atoms with E-state index >= 15 is 0 Å². The summed E-state index contributed by atoms with van der Waals surface area (Å²) in [7, 11) is 2.06. The molecule has 0 radical (unpaired) electrons. The third-order valence-electron chi connectivity index (χ3n) is 2.88. The molecule has 2 nitrogen and oxygen atoms in total. The molecule has 0 fully saturated rings. The highest BCUT2D eigenvalue weighted by Crippen LogP contribution is 2.23. The van der Waals surface area contributed by atoms with E-state index in [1.165, 1.54) is 16.5 Å². The Hall–Kier alpha value is -2.09. The van der Waals surface area contributed by atoms with Crippen LogP contribution in [0, 0.1) is 0 Å². The van der Waals surface area contributed by atoms with Gasteiger partial charge in [0, 0.05) is 42.1 Å². The number of rotatable bonds is 1. The molecule has 3 rings (SSSR count). The molecule has 2 heteroatoms. The van der Waals surface area contributed by atoms with Crippen LogP contribution in [0.1, 0.15) is 0 Å². The second-order valence-corrected chi connectivity index (χ2v) is 3.94. The lowest BCUT2D eigenvalue weighted by atomic mass is 10.1. The van der Waals surface area contributed by atoms with Gasteiger partial charge in [0.1, 0.15) is 0 Å². The van der Waals surface area contributed by atoms with Gasteiger partial charge in [-0.05, 0) is 29.8 Å². The first-order chi connectivity index (χ1) is 7.84. The topological polar surface area (TPSA) is 17.8 Å². The molecule has 0 spiro atoms. The molecule has 0 aliphatic rings. The van der Waals surface area contributed by atoms with Crippen molar-refractivity contribution < 1.29 is 0 Å². The van der Waals surface area contributed by atoms with Crippen LogP contribution in [-0.4, -0.2) is 9.55 Å². The molecule has 78 valence electrons. The van der Waals surface area contributed by atoms with Crippen molar-refractivity contribution in [1.82, 2.24) is 9.55 Å². The number of benzene rings is 1. The minimum absolute atomic E-state index is 1.16. The Labute approximate surface area is 94.2 Å². The lowest BCUT2D eigenvalue weighted by molar-refractivity contribution is 0.969. The molecule has 0 saturated heterocycles. The normalized spacial score (nSPS) is 10.8. The van der Waals surface area contributed by atoms with Crippen LogP contribution in [0.3, 0.4) is 0 Å². The highest BCUT2D eigenvalue weighted by molar-refractivity contribution is 5.85. The van der Waals surface area contributed by atoms with Crippen molar-refractivity contribution in [3.63, 3.8) is 0 Å². The summed E-state index contributed by atoms with van der Waals surface area (Å²) in [5.74, 6) is 0. The zero-order valence-corrected chi connectivity index (χ0v) is 9.09. The molecule has 16 heavy (non-hydrogen) atoms. The van der Waals surface area contributed by atoms with Gasteiger partial charge in [-0.1, -0.05) is 12.1 Å². The van der Waals surface area contributed by atoms with E-state index in [4.69, 9.17) is 0 Å².